The summed E-state index contributed by atoms with van der Waals surface area (Å²) in [5, 5.41) is 9.39. The largest absolute Gasteiger partial charge is 0.235 e. The number of hydrogen-bond acceptors (Lipinski definition) is 1. The summed E-state index contributed by atoms with van der Waals surface area (Å²) in [6.45, 7) is 7.33. The molecule has 0 aliphatic rings. The van der Waals surface area contributed by atoms with Crippen molar-refractivity contribution in [1.82, 2.24) is 0 Å². The van der Waals surface area contributed by atoms with Crippen molar-refractivity contribution >= 4 is 5.69 Å². The highest BCUT2D eigenvalue weighted by atomic mass is 19.1. The van der Waals surface area contributed by atoms with Crippen molar-refractivity contribution in [2.75, 3.05) is 0 Å². The van der Waals surface area contributed by atoms with E-state index in [-0.39, 0.29) is 11.3 Å². The molecule has 0 aliphatic heterocycles. The monoisotopic (exact) mass is 374 g/mol. The molecule has 0 saturated carbocycles. The van der Waals surface area contributed by atoms with Gasteiger partial charge in [-0.15, -0.1) is 0 Å². The molecule has 0 spiro atoms. The predicted molar refractivity (Wildman–Crippen MR) is 114 cm³/mol. The lowest BCUT2D eigenvalue weighted by atomic mass is 9.87. The summed E-state index contributed by atoms with van der Waals surface area (Å²) >= 11 is 0. The Bertz CT molecular complexity index is 1170. The first kappa shape index (κ1) is 18.2. The SMILES string of the molecule is [C-]#[N+]c1cc(-c2c(-c3ccccc3)cccc2-c2ccccc2)cc(C#N)c1F. The van der Waals surface area contributed by atoms with Crippen LogP contribution in [0.15, 0.2) is 91.0 Å². The second-order valence-electron chi connectivity index (χ2n) is 6.54. The maximum Gasteiger partial charge on any atom is 0.224 e. The number of nitriles is 1. The van der Waals surface area contributed by atoms with Gasteiger partial charge >= 0.3 is 0 Å². The van der Waals surface area contributed by atoms with Crippen molar-refractivity contribution in [3.05, 3.63) is 114 Å². The fraction of sp³-hybridized carbons (Fsp3) is 0. The summed E-state index contributed by atoms with van der Waals surface area (Å²) in [5.74, 6) is -0.773. The molecule has 0 radical (unpaired) electrons. The zero-order chi connectivity index (χ0) is 20.2. The van der Waals surface area contributed by atoms with E-state index < -0.39 is 5.82 Å². The van der Waals surface area contributed by atoms with Crippen LogP contribution in [0.2, 0.25) is 0 Å². The van der Waals surface area contributed by atoms with Gasteiger partial charge < -0.3 is 0 Å². The minimum atomic E-state index is -0.773. The molecule has 0 bridgehead atoms. The van der Waals surface area contributed by atoms with Crippen LogP contribution in [0.3, 0.4) is 0 Å². The lowest BCUT2D eigenvalue weighted by Crippen LogP contribution is -1.93. The van der Waals surface area contributed by atoms with E-state index in [2.05, 4.69) is 4.85 Å². The maximum atomic E-state index is 14.4. The third-order valence-electron chi connectivity index (χ3n) is 4.82. The summed E-state index contributed by atoms with van der Waals surface area (Å²) in [6.07, 6.45) is 0. The van der Waals surface area contributed by atoms with Gasteiger partial charge in [0.2, 0.25) is 5.69 Å². The minimum absolute atomic E-state index is 0.129. The first-order valence-corrected chi connectivity index (χ1v) is 9.08. The van der Waals surface area contributed by atoms with Gasteiger partial charge in [0, 0.05) is 0 Å². The van der Waals surface area contributed by atoms with Crippen LogP contribution in [0.25, 0.3) is 38.2 Å². The molecule has 2 nitrogen and oxygen atoms in total. The summed E-state index contributed by atoms with van der Waals surface area (Å²) in [4.78, 5) is 3.29. The van der Waals surface area contributed by atoms with Crippen LogP contribution in [0.1, 0.15) is 5.56 Å². The molecule has 4 rings (SSSR count). The first-order chi connectivity index (χ1) is 14.2. The Morgan fingerprint density at radius 1 is 0.724 bits per heavy atom. The van der Waals surface area contributed by atoms with Gasteiger partial charge in [-0.1, -0.05) is 78.9 Å². The van der Waals surface area contributed by atoms with Crippen LogP contribution in [0, 0.1) is 23.7 Å². The van der Waals surface area contributed by atoms with Crippen LogP contribution in [-0.4, -0.2) is 0 Å². The maximum absolute atomic E-state index is 14.4. The molecular formula is C26H15FN2. The number of halogens is 1. The number of nitrogens with zero attached hydrogens (tertiary/aromatic N) is 2. The van der Waals surface area contributed by atoms with Crippen molar-refractivity contribution in [1.29, 1.82) is 5.26 Å². The number of rotatable bonds is 3. The zero-order valence-corrected chi connectivity index (χ0v) is 15.4. The Hall–Kier alpha value is -4.21. The van der Waals surface area contributed by atoms with E-state index in [1.54, 1.807) is 0 Å². The third kappa shape index (κ3) is 3.38. The molecular weight excluding hydrogens is 359 g/mol. The molecule has 0 aliphatic carbocycles. The Morgan fingerprint density at radius 2 is 1.28 bits per heavy atom. The number of benzene rings is 4. The Labute approximate surface area is 168 Å². The Balaban J connectivity index is 2.09. The van der Waals surface area contributed by atoms with Gasteiger partial charge in [0.1, 0.15) is 11.9 Å². The Morgan fingerprint density at radius 3 is 1.76 bits per heavy atom. The predicted octanol–water partition coefficient (Wildman–Crippen LogP) is 7.25. The smallest absolute Gasteiger partial charge is 0.224 e. The molecule has 0 aromatic heterocycles. The molecule has 0 atom stereocenters. The van der Waals surface area contributed by atoms with Crippen LogP contribution in [0.4, 0.5) is 10.1 Å². The quantitative estimate of drug-likeness (QED) is 0.347. The van der Waals surface area contributed by atoms with E-state index in [1.807, 2.05) is 84.9 Å². The molecule has 0 unspecified atom stereocenters. The van der Waals surface area contributed by atoms with Crippen molar-refractivity contribution in [3.8, 4) is 39.4 Å². The lowest BCUT2D eigenvalue weighted by molar-refractivity contribution is 0.630. The molecule has 4 aromatic carbocycles. The average molecular weight is 374 g/mol. The third-order valence-corrected chi connectivity index (χ3v) is 4.82. The van der Waals surface area contributed by atoms with E-state index in [9.17, 15) is 9.65 Å². The van der Waals surface area contributed by atoms with E-state index in [0.717, 1.165) is 27.8 Å². The van der Waals surface area contributed by atoms with Gasteiger partial charge in [-0.2, -0.15) is 5.26 Å². The molecule has 0 N–H and O–H groups in total. The van der Waals surface area contributed by atoms with E-state index in [4.69, 9.17) is 6.57 Å². The highest BCUT2D eigenvalue weighted by molar-refractivity contribution is 5.95. The summed E-state index contributed by atoms with van der Waals surface area (Å²) in [5.41, 5.74) is 5.16. The van der Waals surface area contributed by atoms with Crippen molar-refractivity contribution in [2.24, 2.45) is 0 Å². The highest BCUT2D eigenvalue weighted by Crippen LogP contribution is 2.42. The molecule has 3 heteroatoms. The molecule has 4 aromatic rings. The second-order valence-corrected chi connectivity index (χ2v) is 6.54. The summed E-state index contributed by atoms with van der Waals surface area (Å²) < 4.78 is 14.4. The van der Waals surface area contributed by atoms with Crippen LogP contribution < -0.4 is 0 Å². The summed E-state index contributed by atoms with van der Waals surface area (Å²) in [7, 11) is 0. The van der Waals surface area contributed by atoms with Crippen molar-refractivity contribution in [3.63, 3.8) is 0 Å². The van der Waals surface area contributed by atoms with E-state index >= 15 is 0 Å². The molecule has 0 heterocycles. The average Bonchev–Trinajstić information content (AvgIpc) is 2.80. The van der Waals surface area contributed by atoms with E-state index in [0.29, 0.717) is 5.56 Å². The minimum Gasteiger partial charge on any atom is -0.235 e. The standard InChI is InChI=1S/C26H15FN2/c1-29-24-16-20(15-21(17-28)26(24)27)25-22(18-9-4-2-5-10-18)13-8-14-23(25)19-11-6-3-7-12-19/h2-16H. The van der Waals surface area contributed by atoms with Gasteiger partial charge in [-0.25, -0.2) is 9.24 Å². The fourth-order valence-corrected chi connectivity index (χ4v) is 3.50. The summed E-state index contributed by atoms with van der Waals surface area (Å²) in [6, 6.07) is 30.7. The van der Waals surface area contributed by atoms with Crippen LogP contribution >= 0.6 is 0 Å². The highest BCUT2D eigenvalue weighted by Gasteiger charge is 2.18. The zero-order valence-electron chi connectivity index (χ0n) is 15.4. The van der Waals surface area contributed by atoms with Gasteiger partial charge in [0.25, 0.3) is 0 Å². The lowest BCUT2D eigenvalue weighted by Gasteiger charge is -2.17. The van der Waals surface area contributed by atoms with Gasteiger partial charge in [-0.3, -0.25) is 0 Å². The van der Waals surface area contributed by atoms with E-state index in [1.165, 1.54) is 12.1 Å². The molecule has 29 heavy (non-hydrogen) atoms. The normalized spacial score (nSPS) is 10.2. The number of hydrogen-bond donors (Lipinski definition) is 0. The molecule has 0 fully saturated rings. The topological polar surface area (TPSA) is 28.1 Å². The fourth-order valence-electron chi connectivity index (χ4n) is 3.50. The second kappa shape index (κ2) is 7.80. The Kier molecular flexibility index (Phi) is 4.89. The molecule has 0 amide bonds. The van der Waals surface area contributed by atoms with Gasteiger partial charge in [0.15, 0.2) is 0 Å². The van der Waals surface area contributed by atoms with Crippen molar-refractivity contribution < 1.29 is 4.39 Å². The molecule has 0 saturated heterocycles. The van der Waals surface area contributed by atoms with Gasteiger partial charge in [-0.05, 0) is 45.5 Å². The first-order valence-electron chi connectivity index (χ1n) is 9.08. The van der Waals surface area contributed by atoms with Crippen LogP contribution in [-0.2, 0) is 0 Å². The van der Waals surface area contributed by atoms with Crippen molar-refractivity contribution in [2.45, 2.75) is 0 Å². The van der Waals surface area contributed by atoms with Gasteiger partial charge in [0.05, 0.1) is 12.1 Å². The molecule has 136 valence electrons. The van der Waals surface area contributed by atoms with Crippen LogP contribution in [0.5, 0.6) is 0 Å².